The average Bonchev–Trinajstić information content (AvgIpc) is 3.11. The molecule has 182 valence electrons. The lowest BCUT2D eigenvalue weighted by Crippen LogP contribution is -2.36. The zero-order valence-electron chi connectivity index (χ0n) is 19.1. The highest BCUT2D eigenvalue weighted by Crippen LogP contribution is 2.37. The van der Waals surface area contributed by atoms with Crippen LogP contribution < -0.4 is 4.74 Å². The van der Waals surface area contributed by atoms with E-state index in [2.05, 4.69) is 0 Å². The highest BCUT2D eigenvalue weighted by Gasteiger charge is 2.35. The van der Waals surface area contributed by atoms with E-state index in [-0.39, 0.29) is 23.9 Å². The van der Waals surface area contributed by atoms with Gasteiger partial charge in [0.25, 0.3) is 0 Å². The molecule has 0 saturated carbocycles. The summed E-state index contributed by atoms with van der Waals surface area (Å²) in [5, 5.41) is 10.1. The molecule has 0 unspecified atom stereocenters. The Morgan fingerprint density at radius 2 is 1.77 bits per heavy atom. The van der Waals surface area contributed by atoms with Crippen LogP contribution >= 0.6 is 23.2 Å². The highest BCUT2D eigenvalue weighted by molar-refractivity contribution is 6.31. The number of benzene rings is 3. The second-order valence-electron chi connectivity index (χ2n) is 9.03. The smallest absolute Gasteiger partial charge is 0.323 e. The molecule has 0 aliphatic carbocycles. The number of aliphatic carboxylic acids is 1. The van der Waals surface area contributed by atoms with E-state index < -0.39 is 23.9 Å². The molecule has 1 amide bonds. The van der Waals surface area contributed by atoms with Gasteiger partial charge in [0, 0.05) is 29.4 Å². The number of hydrogen-bond acceptors (Lipinski definition) is 3. The SMILES string of the molecule is C[C@@]1(Cc2ccc(Cl)cc2)Cc2cc(CC(=O)N(CC(=O)O)Cc3ccc(F)cc3Cl)ccc2O1. The van der Waals surface area contributed by atoms with Gasteiger partial charge in [0.2, 0.25) is 5.91 Å². The van der Waals surface area contributed by atoms with Crippen LogP contribution in [0.15, 0.2) is 60.7 Å². The summed E-state index contributed by atoms with van der Waals surface area (Å²) >= 11 is 12.1. The Morgan fingerprint density at radius 3 is 2.46 bits per heavy atom. The van der Waals surface area contributed by atoms with Gasteiger partial charge in [-0.2, -0.15) is 0 Å². The van der Waals surface area contributed by atoms with Crippen molar-refractivity contribution in [2.75, 3.05) is 6.54 Å². The minimum absolute atomic E-state index is 0.0211. The molecule has 8 heteroatoms. The first-order valence-corrected chi connectivity index (χ1v) is 11.8. The van der Waals surface area contributed by atoms with Gasteiger partial charge >= 0.3 is 5.97 Å². The Kier molecular flexibility index (Phi) is 7.33. The first kappa shape index (κ1) is 25.0. The Bertz CT molecular complexity index is 1260. The van der Waals surface area contributed by atoms with E-state index in [1.165, 1.54) is 17.0 Å². The molecule has 1 atom stereocenters. The van der Waals surface area contributed by atoms with E-state index in [1.54, 1.807) is 0 Å². The third-order valence-corrected chi connectivity index (χ3v) is 6.55. The van der Waals surface area contributed by atoms with E-state index in [0.717, 1.165) is 28.5 Å². The highest BCUT2D eigenvalue weighted by atomic mass is 35.5. The number of carboxylic acid groups (broad SMARTS) is 1. The predicted octanol–water partition coefficient (Wildman–Crippen LogP) is 5.72. The number of fused-ring (bicyclic) bond motifs is 1. The number of rotatable bonds is 8. The molecule has 0 spiro atoms. The van der Waals surface area contributed by atoms with E-state index in [1.807, 2.05) is 49.4 Å². The average molecular weight is 516 g/mol. The topological polar surface area (TPSA) is 66.8 Å². The van der Waals surface area contributed by atoms with E-state index in [9.17, 15) is 19.1 Å². The summed E-state index contributed by atoms with van der Waals surface area (Å²) in [6.45, 7) is 1.53. The summed E-state index contributed by atoms with van der Waals surface area (Å²) in [6, 6.07) is 17.1. The minimum atomic E-state index is -1.14. The fourth-order valence-electron chi connectivity index (χ4n) is 4.36. The fourth-order valence-corrected chi connectivity index (χ4v) is 4.71. The Morgan fingerprint density at radius 1 is 1.06 bits per heavy atom. The van der Waals surface area contributed by atoms with Gasteiger partial charge in [-0.15, -0.1) is 0 Å². The van der Waals surface area contributed by atoms with Gasteiger partial charge in [-0.1, -0.05) is 53.5 Å². The van der Waals surface area contributed by atoms with Crippen molar-refractivity contribution in [3.63, 3.8) is 0 Å². The number of nitrogens with zero attached hydrogens (tertiary/aromatic N) is 1. The number of ether oxygens (including phenoxy) is 1. The molecular formula is C27H24Cl2FNO4. The van der Waals surface area contributed by atoms with Crippen LogP contribution in [0.2, 0.25) is 10.0 Å². The quantitative estimate of drug-likeness (QED) is 0.416. The number of hydrogen-bond donors (Lipinski definition) is 1. The second kappa shape index (κ2) is 10.3. The van der Waals surface area contributed by atoms with Gasteiger partial charge in [0.1, 0.15) is 23.7 Å². The van der Waals surface area contributed by atoms with Gasteiger partial charge in [-0.3, -0.25) is 9.59 Å². The number of amides is 1. The standard InChI is InChI=1S/C27H24Cl2FNO4/c1-27(13-17-2-6-21(28)7-3-17)14-20-10-18(4-9-24(20)35-27)11-25(32)31(16-26(33)34)15-19-5-8-22(30)12-23(19)29/h2-10,12H,11,13-16H2,1H3,(H,33,34)/t27-/m1/s1. The Hall–Kier alpha value is -3.09. The van der Waals surface area contributed by atoms with Crippen molar-refractivity contribution >= 4 is 35.1 Å². The van der Waals surface area contributed by atoms with Crippen LogP contribution in [0.3, 0.4) is 0 Å². The lowest BCUT2D eigenvalue weighted by molar-refractivity contribution is -0.144. The van der Waals surface area contributed by atoms with Gasteiger partial charge in [-0.25, -0.2) is 4.39 Å². The summed E-state index contributed by atoms with van der Waals surface area (Å²) in [6.07, 6.45) is 1.40. The summed E-state index contributed by atoms with van der Waals surface area (Å²) in [5.74, 6) is -1.23. The van der Waals surface area contributed by atoms with Gasteiger partial charge in [-0.05, 0) is 59.5 Å². The third-order valence-electron chi connectivity index (χ3n) is 5.95. The predicted molar refractivity (Wildman–Crippen MR) is 133 cm³/mol. The molecule has 35 heavy (non-hydrogen) atoms. The van der Waals surface area contributed by atoms with Crippen LogP contribution in [-0.4, -0.2) is 34.0 Å². The van der Waals surface area contributed by atoms with Gasteiger partial charge in [0.05, 0.1) is 6.42 Å². The third kappa shape index (κ3) is 6.32. The van der Waals surface area contributed by atoms with Crippen molar-refractivity contribution in [1.82, 2.24) is 4.90 Å². The van der Waals surface area contributed by atoms with E-state index in [0.29, 0.717) is 23.4 Å². The van der Waals surface area contributed by atoms with Crippen LogP contribution in [0, 0.1) is 5.82 Å². The fraction of sp³-hybridized carbons (Fsp3) is 0.259. The summed E-state index contributed by atoms with van der Waals surface area (Å²) in [5.41, 5.74) is 2.92. The van der Waals surface area contributed by atoms with Crippen molar-refractivity contribution in [3.8, 4) is 5.75 Å². The summed E-state index contributed by atoms with van der Waals surface area (Å²) < 4.78 is 19.6. The number of carbonyl (C=O) groups is 2. The Balaban J connectivity index is 1.46. The molecule has 0 aromatic heterocycles. The van der Waals surface area contributed by atoms with Crippen LogP contribution in [-0.2, 0) is 35.4 Å². The number of carboxylic acids is 1. The number of halogens is 3. The molecule has 4 rings (SSSR count). The maximum absolute atomic E-state index is 13.4. The Labute approximate surface area is 213 Å². The van der Waals surface area contributed by atoms with Crippen LogP contribution in [0.4, 0.5) is 4.39 Å². The zero-order valence-corrected chi connectivity index (χ0v) is 20.6. The monoisotopic (exact) mass is 515 g/mol. The second-order valence-corrected chi connectivity index (χ2v) is 9.87. The van der Waals surface area contributed by atoms with Crippen LogP contribution in [0.25, 0.3) is 0 Å². The van der Waals surface area contributed by atoms with Crippen LogP contribution in [0.1, 0.15) is 29.2 Å². The van der Waals surface area contributed by atoms with Crippen LogP contribution in [0.5, 0.6) is 5.75 Å². The van der Waals surface area contributed by atoms with Crippen molar-refractivity contribution in [2.24, 2.45) is 0 Å². The lowest BCUT2D eigenvalue weighted by Gasteiger charge is -2.24. The molecule has 0 bridgehead atoms. The normalized spacial score (nSPS) is 16.5. The molecule has 1 aliphatic heterocycles. The maximum atomic E-state index is 13.4. The number of carbonyl (C=O) groups excluding carboxylic acids is 1. The van der Waals surface area contributed by atoms with Gasteiger partial charge in [0.15, 0.2) is 0 Å². The van der Waals surface area contributed by atoms with E-state index >= 15 is 0 Å². The lowest BCUT2D eigenvalue weighted by atomic mass is 9.91. The van der Waals surface area contributed by atoms with E-state index in [4.69, 9.17) is 27.9 Å². The first-order valence-electron chi connectivity index (χ1n) is 11.1. The minimum Gasteiger partial charge on any atom is -0.487 e. The molecule has 0 saturated heterocycles. The maximum Gasteiger partial charge on any atom is 0.323 e. The summed E-state index contributed by atoms with van der Waals surface area (Å²) in [4.78, 5) is 25.6. The van der Waals surface area contributed by atoms with Gasteiger partial charge < -0.3 is 14.7 Å². The molecule has 1 heterocycles. The molecule has 3 aromatic carbocycles. The molecule has 3 aromatic rings. The van der Waals surface area contributed by atoms with Crippen molar-refractivity contribution < 1.29 is 23.8 Å². The molecule has 5 nitrogen and oxygen atoms in total. The summed E-state index contributed by atoms with van der Waals surface area (Å²) in [7, 11) is 0. The molecule has 0 radical (unpaired) electrons. The largest absolute Gasteiger partial charge is 0.487 e. The molecule has 0 fully saturated rings. The van der Waals surface area contributed by atoms with Crippen molar-refractivity contribution in [2.45, 2.75) is 38.3 Å². The van der Waals surface area contributed by atoms with Crippen molar-refractivity contribution in [1.29, 1.82) is 0 Å². The molecular weight excluding hydrogens is 492 g/mol. The molecule has 1 aliphatic rings. The molecule has 1 N–H and O–H groups in total. The first-order chi connectivity index (χ1) is 16.6. The zero-order chi connectivity index (χ0) is 25.2. The van der Waals surface area contributed by atoms with Crippen molar-refractivity contribution in [3.05, 3.63) is 98.8 Å².